The SMILES string of the molecule is CCN=C=NCCCCCCNC(=O)OCc1ccccc1.CN(C)CCCN=C=NCCCCCCNC(=O)c1ccccc1. The molecule has 0 aliphatic heterocycles. The number of hydrogen-bond acceptors (Lipinski definition) is 8. The molecular weight excluding hydrogens is 578 g/mol. The smallest absolute Gasteiger partial charge is 0.407 e. The van der Waals surface area contributed by atoms with Crippen LogP contribution in [0.4, 0.5) is 4.79 Å². The molecule has 0 saturated carbocycles. The molecule has 0 fully saturated rings. The Labute approximate surface area is 276 Å². The quantitative estimate of drug-likeness (QED) is 0.110. The number of nitrogens with zero attached hydrogens (tertiary/aromatic N) is 5. The minimum Gasteiger partial charge on any atom is -0.445 e. The Morgan fingerprint density at radius 3 is 1.78 bits per heavy atom. The van der Waals surface area contributed by atoms with Gasteiger partial charge in [-0.3, -0.25) is 4.79 Å². The molecule has 0 saturated heterocycles. The molecule has 2 aromatic rings. The predicted molar refractivity (Wildman–Crippen MR) is 188 cm³/mol. The number of rotatable bonds is 22. The van der Waals surface area contributed by atoms with Crippen LogP contribution in [0.1, 0.15) is 80.6 Å². The van der Waals surface area contributed by atoms with E-state index in [1.807, 2.05) is 67.6 Å². The summed E-state index contributed by atoms with van der Waals surface area (Å²) < 4.78 is 5.13. The van der Waals surface area contributed by atoms with Gasteiger partial charge in [-0.1, -0.05) is 74.2 Å². The fourth-order valence-corrected chi connectivity index (χ4v) is 3.98. The average molecular weight is 634 g/mol. The molecule has 46 heavy (non-hydrogen) atoms. The summed E-state index contributed by atoms with van der Waals surface area (Å²) in [5, 5.41) is 5.70. The van der Waals surface area contributed by atoms with Crippen molar-refractivity contribution in [1.29, 1.82) is 0 Å². The van der Waals surface area contributed by atoms with Crippen LogP contribution >= 0.6 is 0 Å². The molecular formula is C36H55N7O3. The maximum atomic E-state index is 11.8. The van der Waals surface area contributed by atoms with E-state index in [0.717, 1.165) is 108 Å². The van der Waals surface area contributed by atoms with E-state index in [0.29, 0.717) is 13.2 Å². The average Bonchev–Trinajstić information content (AvgIpc) is 3.07. The summed E-state index contributed by atoms with van der Waals surface area (Å²) >= 11 is 0. The van der Waals surface area contributed by atoms with E-state index >= 15 is 0 Å². The van der Waals surface area contributed by atoms with E-state index in [4.69, 9.17) is 4.74 Å². The highest BCUT2D eigenvalue weighted by atomic mass is 16.5. The molecule has 0 atom stereocenters. The van der Waals surface area contributed by atoms with Gasteiger partial charge >= 0.3 is 6.09 Å². The zero-order valence-electron chi connectivity index (χ0n) is 28.3. The van der Waals surface area contributed by atoms with Gasteiger partial charge in [-0.05, 0) is 77.4 Å². The van der Waals surface area contributed by atoms with Crippen LogP contribution in [0.25, 0.3) is 0 Å². The monoisotopic (exact) mass is 633 g/mol. The normalized spacial score (nSPS) is 10.0. The molecule has 10 nitrogen and oxygen atoms in total. The minimum absolute atomic E-state index is 0.00526. The third kappa shape index (κ3) is 25.2. The Bertz CT molecular complexity index is 1160. The number of carbonyl (C=O) groups excluding carboxylic acids is 2. The second-order valence-corrected chi connectivity index (χ2v) is 10.9. The molecule has 2 aromatic carbocycles. The van der Waals surface area contributed by atoms with Crippen LogP contribution in [0.5, 0.6) is 0 Å². The fourth-order valence-electron chi connectivity index (χ4n) is 3.98. The molecule has 252 valence electrons. The number of hydrogen-bond donors (Lipinski definition) is 2. The first kappa shape index (κ1) is 39.9. The standard InChI is InChI=1S/C19H30N4O.C17H25N3O2/c1-23(2)16-10-14-21-17-20-13-8-3-4-9-15-22-19(24)18-11-6-5-7-12-18;1-2-18-15-19-12-8-3-4-9-13-20-17(21)22-14-16-10-6-5-7-11-16/h5-7,11-12H,3-4,8-10,13-16H2,1-2H3,(H,22,24);5-7,10-11H,2-4,8-9,12-14H2,1H3,(H,20,21). The lowest BCUT2D eigenvalue weighted by Crippen LogP contribution is -2.25. The first-order chi connectivity index (χ1) is 22.5. The number of carbonyl (C=O) groups is 2. The maximum absolute atomic E-state index is 11.8. The molecule has 0 spiro atoms. The van der Waals surface area contributed by atoms with Crippen LogP contribution in [0.2, 0.25) is 0 Å². The summed E-state index contributed by atoms with van der Waals surface area (Å²) in [5.41, 5.74) is 1.71. The topological polar surface area (TPSA) is 120 Å². The van der Waals surface area contributed by atoms with Crippen molar-refractivity contribution in [3.8, 4) is 0 Å². The van der Waals surface area contributed by atoms with E-state index in [2.05, 4.69) is 61.6 Å². The molecule has 2 rings (SSSR count). The van der Waals surface area contributed by atoms with Gasteiger partial charge in [0.25, 0.3) is 5.91 Å². The zero-order valence-corrected chi connectivity index (χ0v) is 28.3. The summed E-state index contributed by atoms with van der Waals surface area (Å²) in [6.07, 6.45) is 9.11. The van der Waals surface area contributed by atoms with Gasteiger partial charge in [-0.2, -0.15) is 0 Å². The first-order valence-electron chi connectivity index (χ1n) is 16.6. The Balaban J connectivity index is 0.000000462. The Morgan fingerprint density at radius 1 is 0.674 bits per heavy atom. The summed E-state index contributed by atoms with van der Waals surface area (Å²) in [4.78, 5) is 41.7. The second kappa shape index (κ2) is 29.6. The predicted octanol–water partition coefficient (Wildman–Crippen LogP) is 6.77. The summed E-state index contributed by atoms with van der Waals surface area (Å²) in [5.74, 6) is 0.00526. The third-order valence-corrected chi connectivity index (χ3v) is 6.51. The van der Waals surface area contributed by atoms with Crippen molar-refractivity contribution < 1.29 is 14.3 Å². The van der Waals surface area contributed by atoms with Crippen molar-refractivity contribution in [1.82, 2.24) is 15.5 Å². The largest absolute Gasteiger partial charge is 0.445 e. The molecule has 2 amide bonds. The van der Waals surface area contributed by atoms with Crippen LogP contribution in [-0.2, 0) is 11.3 Å². The van der Waals surface area contributed by atoms with Crippen LogP contribution in [0.15, 0.2) is 80.6 Å². The lowest BCUT2D eigenvalue weighted by Gasteiger charge is -2.06. The number of unbranched alkanes of at least 4 members (excludes halogenated alkanes) is 6. The molecule has 0 aliphatic rings. The van der Waals surface area contributed by atoms with Crippen LogP contribution < -0.4 is 10.6 Å². The molecule has 0 heterocycles. The zero-order chi connectivity index (χ0) is 33.3. The van der Waals surface area contributed by atoms with Crippen molar-refractivity contribution in [3.05, 3.63) is 71.8 Å². The van der Waals surface area contributed by atoms with Crippen molar-refractivity contribution >= 4 is 24.0 Å². The van der Waals surface area contributed by atoms with Gasteiger partial charge in [0.15, 0.2) is 0 Å². The summed E-state index contributed by atoms with van der Waals surface area (Å²) in [7, 11) is 4.12. The van der Waals surface area contributed by atoms with Crippen molar-refractivity contribution in [3.63, 3.8) is 0 Å². The number of alkyl carbamates (subject to hydrolysis) is 1. The van der Waals surface area contributed by atoms with E-state index in [1.165, 1.54) is 0 Å². The van der Waals surface area contributed by atoms with Gasteiger partial charge in [-0.15, -0.1) is 0 Å². The van der Waals surface area contributed by atoms with Gasteiger partial charge in [0.05, 0.1) is 18.6 Å². The minimum atomic E-state index is -0.357. The molecule has 0 aliphatic carbocycles. The van der Waals surface area contributed by atoms with E-state index < -0.39 is 0 Å². The molecule has 0 aromatic heterocycles. The number of ether oxygens (including phenoxy) is 1. The Kier molecular flexibility index (Phi) is 25.7. The summed E-state index contributed by atoms with van der Waals surface area (Å²) in [6, 6.07) is 24.4. The van der Waals surface area contributed by atoms with E-state index in [-0.39, 0.29) is 12.0 Å². The van der Waals surface area contributed by atoms with Crippen molar-refractivity contribution in [2.45, 2.75) is 71.3 Å². The van der Waals surface area contributed by atoms with Crippen molar-refractivity contribution in [2.75, 3.05) is 59.9 Å². The Morgan fingerprint density at radius 2 is 1.20 bits per heavy atom. The van der Waals surface area contributed by atoms with Gasteiger partial charge in [0, 0.05) is 38.3 Å². The van der Waals surface area contributed by atoms with E-state index in [1.54, 1.807) is 0 Å². The highest BCUT2D eigenvalue weighted by molar-refractivity contribution is 5.94. The first-order valence-corrected chi connectivity index (χ1v) is 16.6. The summed E-state index contributed by atoms with van der Waals surface area (Å²) in [6.45, 7) is 7.77. The fraction of sp³-hybridized carbons (Fsp3) is 0.556. The second-order valence-electron chi connectivity index (χ2n) is 10.9. The van der Waals surface area contributed by atoms with Gasteiger partial charge in [-0.25, -0.2) is 24.8 Å². The van der Waals surface area contributed by atoms with Crippen LogP contribution in [0.3, 0.4) is 0 Å². The van der Waals surface area contributed by atoms with Crippen LogP contribution in [-0.4, -0.2) is 88.8 Å². The molecule has 0 radical (unpaired) electrons. The van der Waals surface area contributed by atoms with E-state index in [9.17, 15) is 9.59 Å². The highest BCUT2D eigenvalue weighted by Gasteiger charge is 2.03. The third-order valence-electron chi connectivity index (χ3n) is 6.51. The maximum Gasteiger partial charge on any atom is 0.407 e. The number of benzene rings is 2. The Hall–Kier alpha value is -4.10. The molecule has 10 heteroatoms. The number of aliphatic imine (C=N–C) groups is 4. The van der Waals surface area contributed by atoms with Gasteiger partial charge < -0.3 is 20.3 Å². The lowest BCUT2D eigenvalue weighted by molar-refractivity contribution is 0.0952. The number of amides is 2. The molecule has 2 N–H and O–H groups in total. The van der Waals surface area contributed by atoms with Crippen molar-refractivity contribution in [2.24, 2.45) is 20.0 Å². The van der Waals surface area contributed by atoms with Crippen LogP contribution in [0, 0.1) is 0 Å². The highest BCUT2D eigenvalue weighted by Crippen LogP contribution is 2.03. The lowest BCUT2D eigenvalue weighted by atomic mass is 10.2. The molecule has 0 unspecified atom stereocenters. The van der Waals surface area contributed by atoms with Gasteiger partial charge in [0.1, 0.15) is 6.61 Å². The van der Waals surface area contributed by atoms with Gasteiger partial charge in [0.2, 0.25) is 0 Å². The number of nitrogens with one attached hydrogen (secondary N) is 2. The molecule has 0 bridgehead atoms.